The van der Waals surface area contributed by atoms with Crippen molar-refractivity contribution in [2.24, 2.45) is 0 Å². The molecular weight excluding hydrogens is 192 g/mol. The molecule has 0 aromatic heterocycles. The van der Waals surface area contributed by atoms with Gasteiger partial charge in [0.15, 0.2) is 0 Å². The molecule has 0 aliphatic carbocycles. The first-order chi connectivity index (χ1) is 7.32. The van der Waals surface area contributed by atoms with Gasteiger partial charge in [-0.2, -0.15) is 0 Å². The summed E-state index contributed by atoms with van der Waals surface area (Å²) in [5.74, 6) is 0.240. The van der Waals surface area contributed by atoms with Crippen LogP contribution in [0.4, 0.5) is 0 Å². The molecule has 1 spiro atoms. The molecule has 1 unspecified atom stereocenters. The molecule has 4 heteroatoms. The Bertz CT molecular complexity index is 274. The molecule has 15 heavy (non-hydrogen) atoms. The largest absolute Gasteiger partial charge is 0.381 e. The summed E-state index contributed by atoms with van der Waals surface area (Å²) in [6, 6.07) is 0.150. The number of ether oxygens (including phenoxy) is 1. The quantitative estimate of drug-likeness (QED) is 0.618. The molecule has 0 bridgehead atoms. The van der Waals surface area contributed by atoms with Gasteiger partial charge in [-0.1, -0.05) is 0 Å². The second-order valence-corrected chi connectivity index (χ2v) is 4.91. The van der Waals surface area contributed by atoms with Crippen LogP contribution in [-0.4, -0.2) is 48.7 Å². The lowest BCUT2D eigenvalue weighted by molar-refractivity contribution is -0.137. The van der Waals surface area contributed by atoms with E-state index in [2.05, 4.69) is 10.2 Å². The number of piperazine rings is 1. The number of nitrogens with zero attached hydrogens (tertiary/aromatic N) is 1. The van der Waals surface area contributed by atoms with Crippen molar-refractivity contribution in [3.05, 3.63) is 0 Å². The number of fused-ring (bicyclic) bond motifs is 2. The van der Waals surface area contributed by atoms with Crippen LogP contribution in [0, 0.1) is 0 Å². The molecule has 3 saturated heterocycles. The fourth-order valence-electron chi connectivity index (χ4n) is 3.29. The Kier molecular flexibility index (Phi) is 2.21. The highest BCUT2D eigenvalue weighted by atomic mass is 16.5. The van der Waals surface area contributed by atoms with Crippen LogP contribution in [-0.2, 0) is 9.53 Å². The maximum atomic E-state index is 11.7. The minimum atomic E-state index is 0.150. The number of carbonyl (C=O) groups excluding carboxylic acids is 1. The average molecular weight is 210 g/mol. The van der Waals surface area contributed by atoms with Crippen LogP contribution in [0.3, 0.4) is 0 Å². The summed E-state index contributed by atoms with van der Waals surface area (Å²) in [5, 5.41) is 3.08. The van der Waals surface area contributed by atoms with E-state index in [4.69, 9.17) is 4.74 Å². The monoisotopic (exact) mass is 210 g/mol. The van der Waals surface area contributed by atoms with Crippen molar-refractivity contribution in [3.63, 3.8) is 0 Å². The predicted molar refractivity (Wildman–Crippen MR) is 55.5 cm³/mol. The van der Waals surface area contributed by atoms with Crippen molar-refractivity contribution in [2.45, 2.75) is 37.3 Å². The Labute approximate surface area is 90.0 Å². The van der Waals surface area contributed by atoms with Crippen LogP contribution in [0.15, 0.2) is 0 Å². The Balaban J connectivity index is 1.86. The Morgan fingerprint density at radius 3 is 3.00 bits per heavy atom. The van der Waals surface area contributed by atoms with E-state index in [1.807, 2.05) is 0 Å². The molecule has 3 aliphatic heterocycles. The topological polar surface area (TPSA) is 41.6 Å². The third kappa shape index (κ3) is 1.39. The molecule has 1 N–H and O–H groups in total. The van der Waals surface area contributed by atoms with Crippen LogP contribution in [0.25, 0.3) is 0 Å². The van der Waals surface area contributed by atoms with E-state index >= 15 is 0 Å². The molecule has 0 aromatic rings. The molecule has 3 fully saturated rings. The van der Waals surface area contributed by atoms with Crippen LogP contribution >= 0.6 is 0 Å². The fourth-order valence-corrected chi connectivity index (χ4v) is 3.29. The molecule has 0 aromatic carbocycles. The highest BCUT2D eigenvalue weighted by Crippen LogP contribution is 2.36. The van der Waals surface area contributed by atoms with Crippen LogP contribution in [0.5, 0.6) is 0 Å². The summed E-state index contributed by atoms with van der Waals surface area (Å²) in [6.45, 7) is 3.61. The van der Waals surface area contributed by atoms with Crippen LogP contribution in [0.1, 0.15) is 25.7 Å². The SMILES string of the molecule is O=C1NCC2(CCOCC2)N2CCCC12. The highest BCUT2D eigenvalue weighted by Gasteiger charge is 2.49. The third-order valence-corrected chi connectivity index (χ3v) is 4.18. The first-order valence-electron chi connectivity index (χ1n) is 5.94. The second kappa shape index (κ2) is 3.46. The van der Waals surface area contributed by atoms with Crippen molar-refractivity contribution in [1.82, 2.24) is 10.2 Å². The first-order valence-corrected chi connectivity index (χ1v) is 5.94. The first kappa shape index (κ1) is 9.60. The molecule has 0 saturated carbocycles. The van der Waals surface area contributed by atoms with Gasteiger partial charge in [0.2, 0.25) is 5.91 Å². The van der Waals surface area contributed by atoms with Gasteiger partial charge in [0.05, 0.1) is 6.04 Å². The Hall–Kier alpha value is -0.610. The van der Waals surface area contributed by atoms with E-state index < -0.39 is 0 Å². The summed E-state index contributed by atoms with van der Waals surface area (Å²) in [6.07, 6.45) is 4.35. The van der Waals surface area contributed by atoms with Gasteiger partial charge in [-0.15, -0.1) is 0 Å². The number of hydrogen-bond acceptors (Lipinski definition) is 3. The smallest absolute Gasteiger partial charge is 0.237 e. The number of hydrogen-bond donors (Lipinski definition) is 1. The van der Waals surface area contributed by atoms with E-state index in [1.165, 1.54) is 6.42 Å². The fraction of sp³-hybridized carbons (Fsp3) is 0.909. The van der Waals surface area contributed by atoms with Gasteiger partial charge in [-0.3, -0.25) is 9.69 Å². The maximum Gasteiger partial charge on any atom is 0.237 e. The predicted octanol–water partition coefficient (Wildman–Crippen LogP) is 0.130. The third-order valence-electron chi connectivity index (χ3n) is 4.18. The minimum Gasteiger partial charge on any atom is -0.381 e. The molecule has 3 heterocycles. The molecular formula is C11H18N2O2. The number of rotatable bonds is 0. The summed E-state index contributed by atoms with van der Waals surface area (Å²) in [4.78, 5) is 14.2. The van der Waals surface area contributed by atoms with Gasteiger partial charge in [-0.25, -0.2) is 0 Å². The molecule has 84 valence electrons. The molecule has 0 radical (unpaired) electrons. The van der Waals surface area contributed by atoms with Gasteiger partial charge >= 0.3 is 0 Å². The minimum absolute atomic E-state index is 0.150. The number of nitrogens with one attached hydrogen (secondary N) is 1. The van der Waals surface area contributed by atoms with Crippen molar-refractivity contribution < 1.29 is 9.53 Å². The van der Waals surface area contributed by atoms with Crippen molar-refractivity contribution >= 4 is 5.91 Å². The Morgan fingerprint density at radius 2 is 2.20 bits per heavy atom. The van der Waals surface area contributed by atoms with E-state index in [0.717, 1.165) is 45.6 Å². The number of carbonyl (C=O) groups is 1. The average Bonchev–Trinajstić information content (AvgIpc) is 2.76. The summed E-state index contributed by atoms with van der Waals surface area (Å²) in [7, 11) is 0. The zero-order valence-electron chi connectivity index (χ0n) is 9.00. The van der Waals surface area contributed by atoms with Gasteiger partial charge in [0.1, 0.15) is 0 Å². The normalized spacial score (nSPS) is 35.2. The second-order valence-electron chi connectivity index (χ2n) is 4.91. The van der Waals surface area contributed by atoms with E-state index in [1.54, 1.807) is 0 Å². The zero-order chi connectivity index (χ0) is 10.3. The summed E-state index contributed by atoms with van der Waals surface area (Å²) < 4.78 is 5.43. The van der Waals surface area contributed by atoms with Crippen LogP contribution in [0.2, 0.25) is 0 Å². The van der Waals surface area contributed by atoms with Gasteiger partial charge in [0, 0.05) is 25.3 Å². The maximum absolute atomic E-state index is 11.7. The lowest BCUT2D eigenvalue weighted by Gasteiger charge is -2.50. The van der Waals surface area contributed by atoms with E-state index in [9.17, 15) is 4.79 Å². The molecule has 1 amide bonds. The highest BCUT2D eigenvalue weighted by molar-refractivity contribution is 5.83. The Morgan fingerprint density at radius 1 is 1.40 bits per heavy atom. The van der Waals surface area contributed by atoms with Crippen molar-refractivity contribution in [3.8, 4) is 0 Å². The van der Waals surface area contributed by atoms with Crippen LogP contribution < -0.4 is 5.32 Å². The summed E-state index contributed by atoms with van der Waals surface area (Å²) >= 11 is 0. The number of amides is 1. The van der Waals surface area contributed by atoms with Gasteiger partial charge < -0.3 is 10.1 Å². The molecule has 3 rings (SSSR count). The molecule has 1 atom stereocenters. The standard InChI is InChI=1S/C11H18N2O2/c14-10-9-2-1-5-13(9)11(8-12-10)3-6-15-7-4-11/h9H,1-8H2,(H,12,14). The lowest BCUT2D eigenvalue weighted by atomic mass is 9.85. The molecule has 3 aliphatic rings. The van der Waals surface area contributed by atoms with E-state index in [0.29, 0.717) is 0 Å². The van der Waals surface area contributed by atoms with Crippen molar-refractivity contribution in [1.29, 1.82) is 0 Å². The van der Waals surface area contributed by atoms with Gasteiger partial charge in [-0.05, 0) is 32.2 Å². The summed E-state index contributed by atoms with van der Waals surface area (Å²) in [5.41, 5.74) is 0.216. The van der Waals surface area contributed by atoms with Crippen molar-refractivity contribution in [2.75, 3.05) is 26.3 Å². The van der Waals surface area contributed by atoms with E-state index in [-0.39, 0.29) is 17.5 Å². The zero-order valence-corrected chi connectivity index (χ0v) is 9.00. The van der Waals surface area contributed by atoms with Gasteiger partial charge in [0.25, 0.3) is 0 Å². The molecule has 4 nitrogen and oxygen atoms in total. The lowest BCUT2D eigenvalue weighted by Crippen LogP contribution is -2.67.